The number of ether oxygens (including phenoxy) is 2. The molecule has 0 heterocycles. The number of carbonyl (C=O) groups excluding carboxylic acids is 2. The summed E-state index contributed by atoms with van der Waals surface area (Å²) in [6.45, 7) is 2.67. The van der Waals surface area contributed by atoms with Crippen molar-refractivity contribution >= 4 is 11.9 Å². The second kappa shape index (κ2) is 7.84. The summed E-state index contributed by atoms with van der Waals surface area (Å²) in [7, 11) is 0. The molecule has 0 aliphatic rings. The van der Waals surface area contributed by atoms with Crippen LogP contribution in [0.2, 0.25) is 0 Å². The molecule has 0 saturated carbocycles. The predicted molar refractivity (Wildman–Crippen MR) is 54.4 cm³/mol. The third kappa shape index (κ3) is 9.17. The first-order valence-electron chi connectivity index (χ1n) is 4.79. The molecule has 0 aromatic carbocycles. The average Bonchev–Trinajstić information content (AvgIpc) is 2.20. The molecular weight excluding hydrogens is 216 g/mol. The predicted octanol–water partition coefficient (Wildman–Crippen LogP) is -0.609. The van der Waals surface area contributed by atoms with Crippen molar-refractivity contribution in [1.82, 2.24) is 0 Å². The van der Waals surface area contributed by atoms with Crippen LogP contribution < -0.4 is 0 Å². The Kier molecular flexibility index (Phi) is 7.15. The molecule has 0 rings (SSSR count). The van der Waals surface area contributed by atoms with Crippen molar-refractivity contribution in [1.29, 1.82) is 0 Å². The second-order valence-corrected chi connectivity index (χ2v) is 3.29. The first-order chi connectivity index (χ1) is 7.41. The van der Waals surface area contributed by atoms with E-state index in [0.717, 1.165) is 12.2 Å². The van der Waals surface area contributed by atoms with E-state index in [0.29, 0.717) is 0 Å². The SMILES string of the molecule is CC(O)COC(=O)/C=C/C(=O)OCC(C)O. The monoisotopic (exact) mass is 232 g/mol. The van der Waals surface area contributed by atoms with E-state index < -0.39 is 24.1 Å². The van der Waals surface area contributed by atoms with Gasteiger partial charge in [-0.05, 0) is 13.8 Å². The lowest BCUT2D eigenvalue weighted by molar-refractivity contribution is -0.143. The van der Waals surface area contributed by atoms with Gasteiger partial charge in [0.1, 0.15) is 13.2 Å². The summed E-state index contributed by atoms with van der Waals surface area (Å²) in [5, 5.41) is 17.6. The van der Waals surface area contributed by atoms with Crippen LogP contribution in [-0.2, 0) is 19.1 Å². The van der Waals surface area contributed by atoms with E-state index >= 15 is 0 Å². The Morgan fingerprint density at radius 2 is 1.31 bits per heavy atom. The minimum absolute atomic E-state index is 0.133. The van der Waals surface area contributed by atoms with Gasteiger partial charge in [-0.2, -0.15) is 0 Å². The zero-order valence-corrected chi connectivity index (χ0v) is 9.25. The number of aliphatic hydroxyl groups excluding tert-OH is 2. The van der Waals surface area contributed by atoms with Crippen LogP contribution in [-0.4, -0.2) is 47.6 Å². The molecule has 2 atom stereocenters. The molecule has 0 radical (unpaired) electrons. The Labute approximate surface area is 93.5 Å². The highest BCUT2D eigenvalue weighted by molar-refractivity contribution is 5.91. The molecule has 0 amide bonds. The van der Waals surface area contributed by atoms with Crippen molar-refractivity contribution in [2.24, 2.45) is 0 Å². The van der Waals surface area contributed by atoms with E-state index in [2.05, 4.69) is 9.47 Å². The van der Waals surface area contributed by atoms with Gasteiger partial charge in [-0.25, -0.2) is 9.59 Å². The minimum atomic E-state index is -0.750. The van der Waals surface area contributed by atoms with Crippen LogP contribution >= 0.6 is 0 Å². The van der Waals surface area contributed by atoms with Crippen LogP contribution in [0.4, 0.5) is 0 Å². The molecule has 0 aliphatic heterocycles. The smallest absolute Gasteiger partial charge is 0.331 e. The first-order valence-corrected chi connectivity index (χ1v) is 4.79. The van der Waals surface area contributed by atoms with Gasteiger partial charge in [0.15, 0.2) is 0 Å². The molecule has 0 aliphatic carbocycles. The summed E-state index contributed by atoms with van der Waals surface area (Å²) in [6.07, 6.45) is 0.290. The molecule has 6 nitrogen and oxygen atoms in total. The maximum Gasteiger partial charge on any atom is 0.331 e. The standard InChI is InChI=1S/C10H16O6/c1-7(11)5-15-9(13)3-4-10(14)16-6-8(2)12/h3-4,7-8,11-12H,5-6H2,1-2H3/b4-3+. The molecule has 2 unspecified atom stereocenters. The topological polar surface area (TPSA) is 93.1 Å². The normalized spacial score (nSPS) is 14.5. The molecule has 16 heavy (non-hydrogen) atoms. The Balaban J connectivity index is 3.80. The fourth-order valence-corrected chi connectivity index (χ4v) is 0.638. The van der Waals surface area contributed by atoms with Gasteiger partial charge in [-0.15, -0.1) is 0 Å². The van der Waals surface area contributed by atoms with E-state index in [4.69, 9.17) is 10.2 Å². The second-order valence-electron chi connectivity index (χ2n) is 3.29. The van der Waals surface area contributed by atoms with Gasteiger partial charge in [-0.3, -0.25) is 0 Å². The zero-order chi connectivity index (χ0) is 12.6. The van der Waals surface area contributed by atoms with Crippen LogP contribution in [0, 0.1) is 0 Å². The highest BCUT2D eigenvalue weighted by Crippen LogP contribution is 1.89. The van der Waals surface area contributed by atoms with Crippen LogP contribution in [0.5, 0.6) is 0 Å². The van der Waals surface area contributed by atoms with E-state index in [-0.39, 0.29) is 13.2 Å². The Bertz CT molecular complexity index is 230. The summed E-state index contributed by atoms with van der Waals surface area (Å²) >= 11 is 0. The molecule has 0 bridgehead atoms. The summed E-state index contributed by atoms with van der Waals surface area (Å²) < 4.78 is 9.09. The number of hydrogen-bond acceptors (Lipinski definition) is 6. The van der Waals surface area contributed by atoms with Gasteiger partial charge in [0.2, 0.25) is 0 Å². The first kappa shape index (κ1) is 14.6. The van der Waals surface area contributed by atoms with Crippen molar-refractivity contribution in [3.05, 3.63) is 12.2 Å². The number of carbonyl (C=O) groups is 2. The summed E-state index contributed by atoms with van der Waals surface area (Å²) in [5.74, 6) is -1.48. The van der Waals surface area contributed by atoms with Gasteiger partial charge in [0, 0.05) is 12.2 Å². The van der Waals surface area contributed by atoms with Crippen LogP contribution in [0.1, 0.15) is 13.8 Å². The maximum atomic E-state index is 10.9. The molecule has 0 saturated heterocycles. The van der Waals surface area contributed by atoms with Gasteiger partial charge in [-0.1, -0.05) is 0 Å². The summed E-state index contributed by atoms with van der Waals surface area (Å²) in [4.78, 5) is 21.8. The molecule has 0 spiro atoms. The number of hydrogen-bond donors (Lipinski definition) is 2. The molecule has 0 aromatic heterocycles. The lowest BCUT2D eigenvalue weighted by Crippen LogP contribution is -2.15. The molecule has 2 N–H and O–H groups in total. The Morgan fingerprint density at radius 3 is 1.56 bits per heavy atom. The van der Waals surface area contributed by atoms with E-state index in [1.807, 2.05) is 0 Å². The average molecular weight is 232 g/mol. The molecule has 92 valence electrons. The van der Waals surface area contributed by atoms with Crippen molar-refractivity contribution in [3.63, 3.8) is 0 Å². The largest absolute Gasteiger partial charge is 0.460 e. The fraction of sp³-hybridized carbons (Fsp3) is 0.600. The zero-order valence-electron chi connectivity index (χ0n) is 9.25. The molecule has 0 fully saturated rings. The van der Waals surface area contributed by atoms with Crippen LogP contribution in [0.15, 0.2) is 12.2 Å². The lowest BCUT2D eigenvalue weighted by atomic mass is 10.4. The third-order valence-electron chi connectivity index (χ3n) is 1.29. The summed E-state index contributed by atoms with van der Waals surface area (Å²) in [6, 6.07) is 0. The van der Waals surface area contributed by atoms with Crippen molar-refractivity contribution in [2.45, 2.75) is 26.1 Å². The van der Waals surface area contributed by atoms with E-state index in [9.17, 15) is 9.59 Å². The minimum Gasteiger partial charge on any atom is -0.460 e. The fourth-order valence-electron chi connectivity index (χ4n) is 0.638. The van der Waals surface area contributed by atoms with Crippen molar-refractivity contribution < 1.29 is 29.3 Å². The highest BCUT2D eigenvalue weighted by atomic mass is 16.5. The highest BCUT2D eigenvalue weighted by Gasteiger charge is 2.04. The van der Waals surface area contributed by atoms with Gasteiger partial charge in [0.25, 0.3) is 0 Å². The maximum absolute atomic E-state index is 10.9. The van der Waals surface area contributed by atoms with Gasteiger partial charge in [0.05, 0.1) is 12.2 Å². The number of aliphatic hydroxyl groups is 2. The van der Waals surface area contributed by atoms with Crippen molar-refractivity contribution in [3.8, 4) is 0 Å². The van der Waals surface area contributed by atoms with Crippen LogP contribution in [0.3, 0.4) is 0 Å². The molecule has 0 aromatic rings. The third-order valence-corrected chi connectivity index (χ3v) is 1.29. The van der Waals surface area contributed by atoms with Gasteiger partial charge < -0.3 is 19.7 Å². The van der Waals surface area contributed by atoms with Gasteiger partial charge >= 0.3 is 11.9 Å². The summed E-state index contributed by atoms with van der Waals surface area (Å²) in [5.41, 5.74) is 0. The quantitative estimate of drug-likeness (QED) is 0.469. The van der Waals surface area contributed by atoms with Crippen molar-refractivity contribution in [2.75, 3.05) is 13.2 Å². The van der Waals surface area contributed by atoms with E-state index in [1.165, 1.54) is 13.8 Å². The molecular formula is C10H16O6. The number of esters is 2. The Morgan fingerprint density at radius 1 is 1.00 bits per heavy atom. The van der Waals surface area contributed by atoms with Crippen LogP contribution in [0.25, 0.3) is 0 Å². The molecule has 6 heteroatoms. The van der Waals surface area contributed by atoms with E-state index in [1.54, 1.807) is 0 Å². The Hall–Kier alpha value is -1.40. The lowest BCUT2D eigenvalue weighted by Gasteiger charge is -2.04. The number of rotatable bonds is 6.